The summed E-state index contributed by atoms with van der Waals surface area (Å²) in [5.41, 5.74) is 7.05. The fourth-order valence-electron chi connectivity index (χ4n) is 2.87. The Bertz CT molecular complexity index is 494. The minimum atomic E-state index is 0. The highest BCUT2D eigenvalue weighted by Gasteiger charge is 2.25. The molecule has 0 unspecified atom stereocenters. The summed E-state index contributed by atoms with van der Waals surface area (Å²) >= 11 is 0. The molecule has 1 fully saturated rings. The summed E-state index contributed by atoms with van der Waals surface area (Å²) < 4.78 is 5.81. The third-order valence-electron chi connectivity index (χ3n) is 4.19. The van der Waals surface area contributed by atoms with Crippen LogP contribution in [-0.2, 0) is 11.3 Å². The molecule has 1 aliphatic carbocycles. The van der Waals surface area contributed by atoms with Crippen molar-refractivity contribution in [1.29, 1.82) is 0 Å². The molecule has 0 saturated heterocycles. The van der Waals surface area contributed by atoms with Gasteiger partial charge in [0.05, 0.1) is 6.61 Å². The largest absolute Gasteiger partial charge is 0.493 e. The Labute approximate surface area is 145 Å². The van der Waals surface area contributed by atoms with Crippen LogP contribution in [0.5, 0.6) is 5.75 Å². The maximum atomic E-state index is 12.1. The smallest absolute Gasteiger partial charge is 0.220 e. The molecule has 0 heterocycles. The molecule has 0 aromatic heterocycles. The molecule has 0 bridgehead atoms. The monoisotopic (exact) mass is 340 g/mol. The van der Waals surface area contributed by atoms with Crippen LogP contribution in [0.15, 0.2) is 24.3 Å². The summed E-state index contributed by atoms with van der Waals surface area (Å²) in [6, 6.07) is 8.07. The van der Waals surface area contributed by atoms with E-state index in [1.165, 1.54) is 0 Å². The van der Waals surface area contributed by atoms with E-state index in [9.17, 15) is 4.79 Å². The number of ether oxygens (including phenoxy) is 1. The van der Waals surface area contributed by atoms with Crippen LogP contribution in [-0.4, -0.2) is 18.6 Å². The van der Waals surface area contributed by atoms with E-state index in [1.807, 2.05) is 24.3 Å². The van der Waals surface area contributed by atoms with Crippen molar-refractivity contribution in [1.82, 2.24) is 5.32 Å². The summed E-state index contributed by atoms with van der Waals surface area (Å²) in [5.74, 6) is 1.76. The van der Waals surface area contributed by atoms with E-state index >= 15 is 0 Å². The van der Waals surface area contributed by atoms with Gasteiger partial charge >= 0.3 is 0 Å². The molecule has 130 valence electrons. The molecule has 0 aliphatic heterocycles. The first-order chi connectivity index (χ1) is 10.6. The summed E-state index contributed by atoms with van der Waals surface area (Å²) in [6.07, 6.45) is 3.80. The Morgan fingerprint density at radius 2 is 2.09 bits per heavy atom. The van der Waals surface area contributed by atoms with E-state index in [1.54, 1.807) is 0 Å². The van der Waals surface area contributed by atoms with Crippen molar-refractivity contribution in [2.24, 2.45) is 17.6 Å². The van der Waals surface area contributed by atoms with Gasteiger partial charge in [-0.3, -0.25) is 4.79 Å². The number of nitrogens with two attached hydrogens (primary N) is 1. The van der Waals surface area contributed by atoms with Crippen LogP contribution in [0.4, 0.5) is 0 Å². The molecule has 1 saturated carbocycles. The molecule has 0 spiro atoms. The van der Waals surface area contributed by atoms with Crippen LogP contribution in [0, 0.1) is 11.8 Å². The lowest BCUT2D eigenvalue weighted by Gasteiger charge is -2.16. The van der Waals surface area contributed by atoms with Crippen LogP contribution in [0.25, 0.3) is 0 Å². The van der Waals surface area contributed by atoms with E-state index in [0.717, 1.165) is 30.6 Å². The number of carbonyl (C=O) groups is 1. The number of carbonyl (C=O) groups excluding carboxylic acids is 1. The van der Waals surface area contributed by atoms with Crippen LogP contribution < -0.4 is 15.8 Å². The lowest BCUT2D eigenvalue weighted by atomic mass is 10.00. The van der Waals surface area contributed by atoms with Gasteiger partial charge in [-0.05, 0) is 30.7 Å². The third-order valence-corrected chi connectivity index (χ3v) is 4.19. The Morgan fingerprint density at radius 3 is 2.74 bits per heavy atom. The van der Waals surface area contributed by atoms with Crippen molar-refractivity contribution in [3.8, 4) is 5.75 Å². The molecule has 1 aromatic rings. The Balaban J connectivity index is 0.00000264. The molecular formula is C18H29ClN2O2. The zero-order valence-corrected chi connectivity index (χ0v) is 14.9. The zero-order chi connectivity index (χ0) is 15.9. The third kappa shape index (κ3) is 6.40. The molecule has 1 amide bonds. The van der Waals surface area contributed by atoms with E-state index in [2.05, 4.69) is 19.2 Å². The van der Waals surface area contributed by atoms with Crippen molar-refractivity contribution < 1.29 is 9.53 Å². The molecule has 1 aliphatic rings. The number of amides is 1. The van der Waals surface area contributed by atoms with Gasteiger partial charge in [0, 0.05) is 24.6 Å². The molecule has 23 heavy (non-hydrogen) atoms. The molecule has 2 rings (SSSR count). The highest BCUT2D eigenvalue weighted by molar-refractivity contribution is 5.85. The van der Waals surface area contributed by atoms with Crippen molar-refractivity contribution in [2.45, 2.75) is 52.1 Å². The van der Waals surface area contributed by atoms with Crippen LogP contribution >= 0.6 is 12.4 Å². The first-order valence-corrected chi connectivity index (χ1v) is 8.29. The number of benzene rings is 1. The first kappa shape index (κ1) is 19.8. The van der Waals surface area contributed by atoms with Crippen LogP contribution in [0.3, 0.4) is 0 Å². The van der Waals surface area contributed by atoms with E-state index in [0.29, 0.717) is 31.4 Å². The lowest BCUT2D eigenvalue weighted by Crippen LogP contribution is -2.31. The van der Waals surface area contributed by atoms with Crippen molar-refractivity contribution in [3.63, 3.8) is 0 Å². The van der Waals surface area contributed by atoms with Gasteiger partial charge in [-0.1, -0.05) is 38.5 Å². The van der Waals surface area contributed by atoms with Crippen LogP contribution in [0.2, 0.25) is 0 Å². The standard InChI is InChI=1S/C18H28N2O2.ClH/c1-13(2)12-22-17-9-4-3-6-15(17)11-20-18(21)10-14-7-5-8-16(14)19;/h3-4,6,9,13-14,16H,5,7-8,10-12,19H2,1-2H3,(H,20,21);1H/t14-,16+;/m0./s1. The van der Waals surface area contributed by atoms with Crippen molar-refractivity contribution in [2.75, 3.05) is 6.61 Å². The SMILES string of the molecule is CC(C)COc1ccccc1CNC(=O)C[C@@H]1CCC[C@H]1N.Cl. The number of rotatable bonds is 7. The van der Waals surface area contributed by atoms with E-state index in [4.69, 9.17) is 10.5 Å². The highest BCUT2D eigenvalue weighted by Crippen LogP contribution is 2.26. The van der Waals surface area contributed by atoms with Crippen LogP contribution in [0.1, 0.15) is 45.1 Å². The van der Waals surface area contributed by atoms with E-state index in [-0.39, 0.29) is 24.4 Å². The normalized spacial score (nSPS) is 20.2. The zero-order valence-electron chi connectivity index (χ0n) is 14.1. The molecule has 4 nitrogen and oxygen atoms in total. The van der Waals surface area contributed by atoms with Gasteiger partial charge in [-0.2, -0.15) is 0 Å². The van der Waals surface area contributed by atoms with Gasteiger partial charge in [0.1, 0.15) is 5.75 Å². The summed E-state index contributed by atoms with van der Waals surface area (Å²) in [7, 11) is 0. The Morgan fingerprint density at radius 1 is 1.35 bits per heavy atom. The number of hydrogen-bond donors (Lipinski definition) is 2. The van der Waals surface area contributed by atoms with E-state index < -0.39 is 0 Å². The number of nitrogens with one attached hydrogen (secondary N) is 1. The molecule has 2 atom stereocenters. The summed E-state index contributed by atoms with van der Waals surface area (Å²) in [4.78, 5) is 12.1. The average molecular weight is 341 g/mol. The second-order valence-electron chi connectivity index (χ2n) is 6.65. The van der Waals surface area contributed by atoms with Crippen molar-refractivity contribution in [3.05, 3.63) is 29.8 Å². The van der Waals surface area contributed by atoms with Gasteiger partial charge in [0.2, 0.25) is 5.91 Å². The van der Waals surface area contributed by atoms with Gasteiger partial charge in [0.15, 0.2) is 0 Å². The minimum absolute atomic E-state index is 0. The molecule has 3 N–H and O–H groups in total. The maximum absolute atomic E-state index is 12.1. The molecular weight excluding hydrogens is 312 g/mol. The number of para-hydroxylation sites is 1. The fourth-order valence-corrected chi connectivity index (χ4v) is 2.87. The predicted octanol–water partition coefficient (Wildman–Crippen LogP) is 3.28. The lowest BCUT2D eigenvalue weighted by molar-refractivity contribution is -0.122. The fraction of sp³-hybridized carbons (Fsp3) is 0.611. The molecule has 5 heteroatoms. The van der Waals surface area contributed by atoms with Crippen molar-refractivity contribution >= 4 is 18.3 Å². The average Bonchev–Trinajstić information content (AvgIpc) is 2.89. The number of hydrogen-bond acceptors (Lipinski definition) is 3. The van der Waals surface area contributed by atoms with Gasteiger partial charge in [-0.15, -0.1) is 12.4 Å². The topological polar surface area (TPSA) is 64.3 Å². The Kier molecular flexibility index (Phi) is 8.42. The maximum Gasteiger partial charge on any atom is 0.220 e. The van der Waals surface area contributed by atoms with Gasteiger partial charge in [-0.25, -0.2) is 0 Å². The first-order valence-electron chi connectivity index (χ1n) is 8.29. The quantitative estimate of drug-likeness (QED) is 0.800. The molecule has 0 radical (unpaired) electrons. The second-order valence-corrected chi connectivity index (χ2v) is 6.65. The summed E-state index contributed by atoms with van der Waals surface area (Å²) in [6.45, 7) is 5.43. The predicted molar refractivity (Wildman–Crippen MR) is 95.8 cm³/mol. The molecule has 1 aromatic carbocycles. The Hall–Kier alpha value is -1.26. The highest BCUT2D eigenvalue weighted by atomic mass is 35.5. The van der Waals surface area contributed by atoms with Gasteiger partial charge < -0.3 is 15.8 Å². The minimum Gasteiger partial charge on any atom is -0.493 e. The van der Waals surface area contributed by atoms with Gasteiger partial charge in [0.25, 0.3) is 0 Å². The second kappa shape index (κ2) is 9.78. The summed E-state index contributed by atoms with van der Waals surface area (Å²) in [5, 5.41) is 3.00. The number of halogens is 1.